The number of nitrogens with zero attached hydrogens (tertiary/aromatic N) is 1. The molecule has 0 spiro atoms. The van der Waals surface area contributed by atoms with E-state index < -0.39 is 0 Å². The molecule has 0 atom stereocenters. The van der Waals surface area contributed by atoms with Crippen LogP contribution in [-0.2, 0) is 6.54 Å². The van der Waals surface area contributed by atoms with Gasteiger partial charge in [0.2, 0.25) is 0 Å². The number of nitrogens with one attached hydrogen (secondary N) is 1. The van der Waals surface area contributed by atoms with Crippen LogP contribution in [0.5, 0.6) is 5.75 Å². The molecule has 23 heavy (non-hydrogen) atoms. The maximum absolute atomic E-state index is 6.29. The Bertz CT molecular complexity index is 618. The molecule has 0 aliphatic carbocycles. The van der Waals surface area contributed by atoms with Gasteiger partial charge in [0.15, 0.2) is 5.75 Å². The zero-order valence-corrected chi connectivity index (χ0v) is 14.1. The summed E-state index contributed by atoms with van der Waals surface area (Å²) in [6.07, 6.45) is 2.31. The highest BCUT2D eigenvalue weighted by atomic mass is 35.5. The molecule has 1 N–H and O–H groups in total. The van der Waals surface area contributed by atoms with Crippen LogP contribution in [0.15, 0.2) is 48.5 Å². The van der Waals surface area contributed by atoms with E-state index in [1.54, 1.807) is 0 Å². The van der Waals surface area contributed by atoms with E-state index in [9.17, 15) is 0 Å². The van der Waals surface area contributed by atoms with Crippen LogP contribution in [0.2, 0.25) is 5.02 Å². The van der Waals surface area contributed by atoms with E-state index in [-0.39, 0.29) is 0 Å². The minimum Gasteiger partial charge on any atom is -0.489 e. The molecule has 122 valence electrons. The SMILES string of the molecule is Clc1cccc2c1OCCN(Cc1ccccc1)CCCCN2. The second-order valence-corrected chi connectivity index (χ2v) is 6.27. The van der Waals surface area contributed by atoms with Gasteiger partial charge in [0, 0.05) is 19.6 Å². The van der Waals surface area contributed by atoms with Crippen molar-refractivity contribution in [1.82, 2.24) is 4.90 Å². The zero-order valence-electron chi connectivity index (χ0n) is 13.3. The molecular formula is C19H23ClN2O. The number of halogens is 1. The lowest BCUT2D eigenvalue weighted by Gasteiger charge is -2.22. The molecule has 2 aromatic carbocycles. The predicted molar refractivity (Wildman–Crippen MR) is 96.4 cm³/mol. The van der Waals surface area contributed by atoms with E-state index in [4.69, 9.17) is 16.3 Å². The predicted octanol–water partition coefficient (Wildman–Crippen LogP) is 4.43. The van der Waals surface area contributed by atoms with Crippen LogP contribution in [0.1, 0.15) is 18.4 Å². The first-order chi connectivity index (χ1) is 11.3. The van der Waals surface area contributed by atoms with E-state index in [1.807, 2.05) is 18.2 Å². The van der Waals surface area contributed by atoms with Gasteiger partial charge >= 0.3 is 0 Å². The number of para-hydroxylation sites is 1. The summed E-state index contributed by atoms with van der Waals surface area (Å²) in [5.41, 5.74) is 2.34. The quantitative estimate of drug-likeness (QED) is 0.881. The van der Waals surface area contributed by atoms with Gasteiger partial charge in [0.25, 0.3) is 0 Å². The molecule has 0 saturated heterocycles. The topological polar surface area (TPSA) is 24.5 Å². The van der Waals surface area contributed by atoms with E-state index in [0.717, 1.165) is 44.0 Å². The van der Waals surface area contributed by atoms with Crippen molar-refractivity contribution >= 4 is 17.3 Å². The van der Waals surface area contributed by atoms with Crippen LogP contribution in [0, 0.1) is 0 Å². The lowest BCUT2D eigenvalue weighted by molar-refractivity contribution is 0.202. The van der Waals surface area contributed by atoms with Crippen molar-refractivity contribution < 1.29 is 4.74 Å². The fraction of sp³-hybridized carbons (Fsp3) is 0.368. The van der Waals surface area contributed by atoms with Crippen LogP contribution in [0.25, 0.3) is 0 Å². The van der Waals surface area contributed by atoms with Gasteiger partial charge in [-0.25, -0.2) is 0 Å². The molecule has 0 unspecified atom stereocenters. The van der Waals surface area contributed by atoms with Crippen LogP contribution in [-0.4, -0.2) is 31.1 Å². The Labute approximate surface area is 143 Å². The maximum Gasteiger partial charge on any atom is 0.161 e. The summed E-state index contributed by atoms with van der Waals surface area (Å²) in [6, 6.07) is 16.5. The summed E-state index contributed by atoms with van der Waals surface area (Å²) in [6.45, 7) is 4.54. The fourth-order valence-electron chi connectivity index (χ4n) is 2.87. The number of ether oxygens (including phenoxy) is 1. The van der Waals surface area contributed by atoms with Gasteiger partial charge in [0.1, 0.15) is 6.61 Å². The molecule has 0 bridgehead atoms. The monoisotopic (exact) mass is 330 g/mol. The summed E-state index contributed by atoms with van der Waals surface area (Å²) in [5, 5.41) is 4.11. The second kappa shape index (κ2) is 8.23. The fourth-order valence-corrected chi connectivity index (χ4v) is 3.10. The van der Waals surface area contributed by atoms with E-state index in [0.29, 0.717) is 11.6 Å². The van der Waals surface area contributed by atoms with Gasteiger partial charge < -0.3 is 10.1 Å². The Hall–Kier alpha value is -1.71. The first kappa shape index (κ1) is 16.2. The highest BCUT2D eigenvalue weighted by Gasteiger charge is 2.12. The molecular weight excluding hydrogens is 308 g/mol. The lowest BCUT2D eigenvalue weighted by Crippen LogP contribution is -2.29. The van der Waals surface area contributed by atoms with Gasteiger partial charge in [-0.3, -0.25) is 4.90 Å². The van der Waals surface area contributed by atoms with Crippen molar-refractivity contribution in [3.63, 3.8) is 0 Å². The van der Waals surface area contributed by atoms with Crippen LogP contribution >= 0.6 is 11.6 Å². The van der Waals surface area contributed by atoms with Crippen molar-refractivity contribution in [1.29, 1.82) is 0 Å². The van der Waals surface area contributed by atoms with Crippen molar-refractivity contribution in [2.75, 3.05) is 31.6 Å². The lowest BCUT2D eigenvalue weighted by atomic mass is 10.2. The van der Waals surface area contributed by atoms with Crippen LogP contribution < -0.4 is 10.1 Å². The third-order valence-corrected chi connectivity index (χ3v) is 4.38. The zero-order chi connectivity index (χ0) is 15.9. The molecule has 3 nitrogen and oxygen atoms in total. The summed E-state index contributed by atoms with van der Waals surface area (Å²) < 4.78 is 5.98. The molecule has 0 radical (unpaired) electrons. The number of fused-ring (bicyclic) bond motifs is 1. The number of hydrogen-bond donors (Lipinski definition) is 1. The van der Waals surface area contributed by atoms with E-state index >= 15 is 0 Å². The van der Waals surface area contributed by atoms with E-state index in [1.165, 1.54) is 12.0 Å². The summed E-state index contributed by atoms with van der Waals surface area (Å²) in [4.78, 5) is 2.46. The Morgan fingerprint density at radius 2 is 1.87 bits per heavy atom. The smallest absolute Gasteiger partial charge is 0.161 e. The minimum atomic E-state index is 0.644. The molecule has 3 rings (SSSR count). The van der Waals surface area contributed by atoms with Crippen molar-refractivity contribution in [2.24, 2.45) is 0 Å². The molecule has 0 fully saturated rings. The Morgan fingerprint density at radius 1 is 1.00 bits per heavy atom. The standard InChI is InChI=1S/C19H23ClN2O/c20-17-9-6-10-18-19(17)23-14-13-22(12-5-4-11-21-18)15-16-7-2-1-3-8-16/h1-3,6-10,21H,4-5,11-15H2. The number of benzene rings is 2. The first-order valence-electron chi connectivity index (χ1n) is 8.24. The Kier molecular flexibility index (Phi) is 5.78. The normalized spacial score (nSPS) is 16.6. The second-order valence-electron chi connectivity index (χ2n) is 5.86. The van der Waals surface area contributed by atoms with Crippen molar-refractivity contribution in [2.45, 2.75) is 19.4 Å². The van der Waals surface area contributed by atoms with E-state index in [2.05, 4.69) is 40.5 Å². The largest absolute Gasteiger partial charge is 0.489 e. The van der Waals surface area contributed by atoms with Crippen molar-refractivity contribution in [3.05, 3.63) is 59.1 Å². The molecule has 1 aliphatic rings. The van der Waals surface area contributed by atoms with Gasteiger partial charge in [-0.05, 0) is 37.1 Å². The third kappa shape index (κ3) is 4.63. The molecule has 1 aliphatic heterocycles. The van der Waals surface area contributed by atoms with Crippen LogP contribution in [0.3, 0.4) is 0 Å². The summed E-state index contributed by atoms with van der Waals surface area (Å²) in [5.74, 6) is 0.774. The number of rotatable bonds is 2. The van der Waals surface area contributed by atoms with Crippen LogP contribution in [0.4, 0.5) is 5.69 Å². The average molecular weight is 331 g/mol. The highest BCUT2D eigenvalue weighted by molar-refractivity contribution is 6.32. The van der Waals surface area contributed by atoms with Gasteiger partial charge in [-0.2, -0.15) is 0 Å². The maximum atomic E-state index is 6.29. The summed E-state index contributed by atoms with van der Waals surface area (Å²) in [7, 11) is 0. The van der Waals surface area contributed by atoms with Gasteiger partial charge in [-0.1, -0.05) is 48.0 Å². The Balaban J connectivity index is 1.67. The Morgan fingerprint density at radius 3 is 2.74 bits per heavy atom. The first-order valence-corrected chi connectivity index (χ1v) is 8.62. The van der Waals surface area contributed by atoms with Gasteiger partial charge in [0.05, 0.1) is 10.7 Å². The minimum absolute atomic E-state index is 0.644. The number of hydrogen-bond acceptors (Lipinski definition) is 3. The number of anilines is 1. The molecule has 0 amide bonds. The molecule has 0 saturated carbocycles. The molecule has 4 heteroatoms. The molecule has 2 aromatic rings. The highest BCUT2D eigenvalue weighted by Crippen LogP contribution is 2.33. The average Bonchev–Trinajstić information content (AvgIpc) is 2.61. The van der Waals surface area contributed by atoms with Crippen molar-refractivity contribution in [3.8, 4) is 5.75 Å². The molecule has 0 aromatic heterocycles. The van der Waals surface area contributed by atoms with Gasteiger partial charge in [-0.15, -0.1) is 0 Å². The third-order valence-electron chi connectivity index (χ3n) is 4.09. The summed E-state index contributed by atoms with van der Waals surface area (Å²) >= 11 is 6.29. The molecule has 1 heterocycles.